The largest absolute Gasteiger partial charge is 0.465 e. The van der Waals surface area contributed by atoms with Crippen LogP contribution in [0.4, 0.5) is 5.82 Å². The Morgan fingerprint density at radius 1 is 0.833 bits per heavy atom. The van der Waals surface area contributed by atoms with E-state index >= 15 is 0 Å². The van der Waals surface area contributed by atoms with Crippen molar-refractivity contribution in [3.05, 3.63) is 126 Å². The molecule has 0 aliphatic carbocycles. The molecule has 3 aromatic heterocycles. The minimum absolute atomic E-state index is 0.247. The van der Waals surface area contributed by atoms with E-state index in [0.29, 0.717) is 40.5 Å². The van der Waals surface area contributed by atoms with Gasteiger partial charge in [0.25, 0.3) is 5.91 Å². The average molecular weight is 555 g/mol. The molecule has 1 amide bonds. The number of imidazole rings is 1. The van der Waals surface area contributed by atoms with Gasteiger partial charge in [0.05, 0.1) is 23.9 Å². The van der Waals surface area contributed by atoms with Crippen LogP contribution in [-0.2, 0) is 11.3 Å². The number of hydrogen-bond donors (Lipinski definition) is 2. The number of carbonyl (C=O) groups is 2. The molecule has 6 aromatic rings. The van der Waals surface area contributed by atoms with Crippen molar-refractivity contribution < 1.29 is 14.3 Å². The van der Waals surface area contributed by atoms with Crippen LogP contribution in [0.3, 0.4) is 0 Å². The molecule has 0 unspecified atom stereocenters. The number of ether oxygens (including phenoxy) is 1. The summed E-state index contributed by atoms with van der Waals surface area (Å²) in [5.74, 6) is 0.303. The maximum Gasteiger partial charge on any atom is 0.337 e. The summed E-state index contributed by atoms with van der Waals surface area (Å²) in [5.41, 5.74) is 12.8. The Kier molecular flexibility index (Phi) is 7.13. The van der Waals surface area contributed by atoms with Crippen LogP contribution in [0.25, 0.3) is 39.5 Å². The first-order valence-electron chi connectivity index (χ1n) is 13.2. The molecule has 0 fully saturated rings. The highest BCUT2D eigenvalue weighted by molar-refractivity contribution is 5.96. The van der Waals surface area contributed by atoms with Crippen LogP contribution < -0.4 is 11.1 Å². The Morgan fingerprint density at radius 3 is 2.29 bits per heavy atom. The number of nitrogens with two attached hydrogens (primary N) is 1. The summed E-state index contributed by atoms with van der Waals surface area (Å²) < 4.78 is 6.68. The Labute approximate surface area is 241 Å². The molecule has 0 radical (unpaired) electrons. The van der Waals surface area contributed by atoms with Crippen molar-refractivity contribution >= 4 is 28.9 Å². The molecule has 0 atom stereocenters. The number of rotatable bonds is 7. The lowest BCUT2D eigenvalue weighted by molar-refractivity contribution is 0.0600. The average Bonchev–Trinajstić information content (AvgIpc) is 3.42. The zero-order chi connectivity index (χ0) is 29.1. The third kappa shape index (κ3) is 5.18. The Bertz CT molecular complexity index is 1900. The number of carbonyl (C=O) groups excluding carboxylic acids is 2. The van der Waals surface area contributed by atoms with Gasteiger partial charge in [-0.05, 0) is 66.2 Å². The van der Waals surface area contributed by atoms with Gasteiger partial charge < -0.3 is 15.8 Å². The molecule has 3 heterocycles. The summed E-state index contributed by atoms with van der Waals surface area (Å²) >= 11 is 0. The van der Waals surface area contributed by atoms with Gasteiger partial charge in [0, 0.05) is 29.6 Å². The van der Waals surface area contributed by atoms with E-state index in [1.54, 1.807) is 30.5 Å². The zero-order valence-electron chi connectivity index (χ0n) is 22.7. The fourth-order valence-corrected chi connectivity index (χ4v) is 4.68. The van der Waals surface area contributed by atoms with Crippen LogP contribution in [0.1, 0.15) is 26.3 Å². The molecule has 0 saturated heterocycles. The fourth-order valence-electron chi connectivity index (χ4n) is 4.68. The van der Waals surface area contributed by atoms with Gasteiger partial charge in [0.15, 0.2) is 11.5 Å². The van der Waals surface area contributed by atoms with Crippen molar-refractivity contribution in [2.45, 2.75) is 6.54 Å². The SMILES string of the molecule is COC(=O)c1ccc(C(=O)NCc2ccc(-n3c(-c4cccnc4N)nc4ccc(-c5ccccc5)nc43)cc2)cc1. The molecule has 0 aliphatic heterocycles. The van der Waals surface area contributed by atoms with Crippen molar-refractivity contribution in [2.75, 3.05) is 12.8 Å². The Balaban J connectivity index is 1.31. The molecule has 9 heteroatoms. The molecule has 0 saturated carbocycles. The van der Waals surface area contributed by atoms with E-state index in [4.69, 9.17) is 20.4 Å². The third-order valence-corrected chi connectivity index (χ3v) is 6.87. The molecule has 3 N–H and O–H groups in total. The second-order valence-corrected chi connectivity index (χ2v) is 9.53. The summed E-state index contributed by atoms with van der Waals surface area (Å²) in [5, 5.41) is 2.92. The maximum atomic E-state index is 12.7. The number of esters is 1. The highest BCUT2D eigenvalue weighted by Gasteiger charge is 2.19. The number of nitrogens with zero attached hydrogens (tertiary/aromatic N) is 4. The number of fused-ring (bicyclic) bond motifs is 1. The van der Waals surface area contributed by atoms with Crippen LogP contribution in [-0.4, -0.2) is 38.5 Å². The molecule has 42 heavy (non-hydrogen) atoms. The Morgan fingerprint density at radius 2 is 1.57 bits per heavy atom. The van der Waals surface area contributed by atoms with Gasteiger partial charge in [-0.15, -0.1) is 0 Å². The number of aromatic nitrogens is 4. The van der Waals surface area contributed by atoms with E-state index in [0.717, 1.165) is 28.0 Å². The summed E-state index contributed by atoms with van der Waals surface area (Å²) in [6.07, 6.45) is 1.65. The van der Waals surface area contributed by atoms with Crippen LogP contribution in [0.2, 0.25) is 0 Å². The highest BCUT2D eigenvalue weighted by atomic mass is 16.5. The predicted octanol–water partition coefficient (Wildman–Crippen LogP) is 5.45. The number of nitrogen functional groups attached to an aromatic ring is 1. The van der Waals surface area contributed by atoms with E-state index in [1.165, 1.54) is 7.11 Å². The molecule has 206 valence electrons. The molecule has 6 rings (SSSR count). The number of methoxy groups -OCH3 is 1. The second-order valence-electron chi connectivity index (χ2n) is 9.53. The lowest BCUT2D eigenvalue weighted by Crippen LogP contribution is -2.22. The van der Waals surface area contributed by atoms with Crippen LogP contribution in [0.15, 0.2) is 109 Å². The molecule has 0 bridgehead atoms. The number of pyridine rings is 2. The predicted molar refractivity (Wildman–Crippen MR) is 161 cm³/mol. The summed E-state index contributed by atoms with van der Waals surface area (Å²) in [6, 6.07) is 31.7. The van der Waals surface area contributed by atoms with E-state index in [-0.39, 0.29) is 5.91 Å². The smallest absolute Gasteiger partial charge is 0.337 e. The number of benzene rings is 3. The zero-order valence-corrected chi connectivity index (χ0v) is 22.7. The van der Waals surface area contributed by atoms with Gasteiger partial charge in [0.1, 0.15) is 11.3 Å². The first-order valence-corrected chi connectivity index (χ1v) is 13.2. The monoisotopic (exact) mass is 554 g/mol. The lowest BCUT2D eigenvalue weighted by Gasteiger charge is -2.12. The minimum atomic E-state index is -0.450. The fraction of sp³-hybridized carbons (Fsp3) is 0.0606. The topological polar surface area (TPSA) is 125 Å². The third-order valence-electron chi connectivity index (χ3n) is 6.87. The lowest BCUT2D eigenvalue weighted by atomic mass is 10.1. The van der Waals surface area contributed by atoms with E-state index in [9.17, 15) is 9.59 Å². The molecule has 0 spiro atoms. The van der Waals surface area contributed by atoms with Gasteiger partial charge in [0.2, 0.25) is 0 Å². The van der Waals surface area contributed by atoms with Gasteiger partial charge in [-0.1, -0.05) is 42.5 Å². The summed E-state index contributed by atoms with van der Waals surface area (Å²) in [6.45, 7) is 0.321. The molecular weight excluding hydrogens is 528 g/mol. The minimum Gasteiger partial charge on any atom is -0.465 e. The normalized spacial score (nSPS) is 10.9. The Hall–Kier alpha value is -5.83. The van der Waals surface area contributed by atoms with Crippen molar-refractivity contribution in [1.82, 2.24) is 24.8 Å². The first-order chi connectivity index (χ1) is 20.5. The van der Waals surface area contributed by atoms with Crippen molar-refractivity contribution in [3.8, 4) is 28.3 Å². The second kappa shape index (κ2) is 11.3. The van der Waals surface area contributed by atoms with Crippen molar-refractivity contribution in [1.29, 1.82) is 0 Å². The van der Waals surface area contributed by atoms with Crippen LogP contribution in [0, 0.1) is 0 Å². The van der Waals surface area contributed by atoms with Gasteiger partial charge >= 0.3 is 5.97 Å². The van der Waals surface area contributed by atoms with E-state index in [1.807, 2.05) is 83.4 Å². The first kappa shape index (κ1) is 26.4. The maximum absolute atomic E-state index is 12.7. The molecule has 9 nitrogen and oxygen atoms in total. The van der Waals surface area contributed by atoms with Gasteiger partial charge in [-0.3, -0.25) is 9.36 Å². The van der Waals surface area contributed by atoms with Crippen LogP contribution in [0.5, 0.6) is 0 Å². The van der Waals surface area contributed by atoms with Crippen molar-refractivity contribution in [3.63, 3.8) is 0 Å². The van der Waals surface area contributed by atoms with Gasteiger partial charge in [-0.2, -0.15) is 0 Å². The molecular formula is C33H26N6O3. The van der Waals surface area contributed by atoms with Crippen molar-refractivity contribution in [2.24, 2.45) is 0 Å². The van der Waals surface area contributed by atoms with E-state index < -0.39 is 5.97 Å². The highest BCUT2D eigenvalue weighted by Crippen LogP contribution is 2.31. The number of nitrogens with one attached hydrogen (secondary N) is 1. The molecule has 0 aliphatic rings. The quantitative estimate of drug-likeness (QED) is 0.252. The van der Waals surface area contributed by atoms with Gasteiger partial charge in [-0.25, -0.2) is 19.7 Å². The van der Waals surface area contributed by atoms with Crippen LogP contribution >= 0.6 is 0 Å². The number of amides is 1. The summed E-state index contributed by atoms with van der Waals surface area (Å²) in [7, 11) is 1.32. The summed E-state index contributed by atoms with van der Waals surface area (Å²) in [4.78, 5) is 38.5. The number of anilines is 1. The number of hydrogen-bond acceptors (Lipinski definition) is 7. The van der Waals surface area contributed by atoms with E-state index in [2.05, 4.69) is 10.3 Å². The molecule has 3 aromatic carbocycles. The standard InChI is InChI=1S/C33H26N6O3/c1-42-33(41)24-13-11-23(12-14-24)32(40)36-20-21-9-15-25(16-10-21)39-30(26-8-5-19-35-29(26)34)38-28-18-17-27(37-31(28)39)22-6-3-2-4-7-22/h2-19H,20H2,1H3,(H2,34,35)(H,36,40).